The van der Waals surface area contributed by atoms with Gasteiger partial charge >= 0.3 is 0 Å². The molecule has 128 valence electrons. The minimum absolute atomic E-state index is 0.279. The van der Waals surface area contributed by atoms with E-state index in [0.717, 1.165) is 22.4 Å². The van der Waals surface area contributed by atoms with Crippen molar-refractivity contribution in [1.29, 1.82) is 10.5 Å². The molecule has 0 bridgehead atoms. The largest absolute Gasteiger partial charge is 0.483 e. The van der Waals surface area contributed by atoms with Gasteiger partial charge in [0.2, 0.25) is 6.19 Å². The molecular weight excluding hydrogens is 336 g/mol. The second-order valence-corrected chi connectivity index (χ2v) is 6.13. The van der Waals surface area contributed by atoms with Crippen LogP contribution in [0.4, 0.5) is 0 Å². The molecule has 1 aliphatic rings. The van der Waals surface area contributed by atoms with Gasteiger partial charge in [0.25, 0.3) is 0 Å². The van der Waals surface area contributed by atoms with Gasteiger partial charge in [-0.15, -0.1) is 0 Å². The maximum Gasteiger partial charge on any atom is 0.205 e. The number of aliphatic imine (C=N–C) groups is 1. The summed E-state index contributed by atoms with van der Waals surface area (Å²) in [7, 11) is 0. The van der Waals surface area contributed by atoms with Gasteiger partial charge in [0.15, 0.2) is 0 Å². The van der Waals surface area contributed by atoms with E-state index in [0.29, 0.717) is 23.4 Å². The van der Waals surface area contributed by atoms with Gasteiger partial charge in [-0.1, -0.05) is 24.3 Å². The maximum atomic E-state index is 9.13. The van der Waals surface area contributed by atoms with Crippen molar-refractivity contribution < 1.29 is 4.74 Å². The molecule has 1 unspecified atom stereocenters. The van der Waals surface area contributed by atoms with E-state index in [1.54, 1.807) is 12.3 Å². The number of aromatic nitrogens is 1. The van der Waals surface area contributed by atoms with Crippen molar-refractivity contribution in [3.8, 4) is 29.1 Å². The van der Waals surface area contributed by atoms with Crippen LogP contribution < -0.4 is 4.74 Å². The zero-order valence-corrected chi connectivity index (χ0v) is 14.3. The van der Waals surface area contributed by atoms with Crippen LogP contribution in [0.25, 0.3) is 11.1 Å². The van der Waals surface area contributed by atoms with E-state index in [4.69, 9.17) is 15.3 Å². The number of hydrogen-bond donors (Lipinski definition) is 0. The molecule has 0 saturated carbocycles. The molecule has 2 aromatic carbocycles. The molecule has 1 aromatic heterocycles. The van der Waals surface area contributed by atoms with Gasteiger partial charge in [0.05, 0.1) is 23.0 Å². The lowest BCUT2D eigenvalue weighted by Gasteiger charge is -2.27. The Morgan fingerprint density at radius 1 is 1.00 bits per heavy atom. The van der Waals surface area contributed by atoms with E-state index < -0.39 is 0 Å². The van der Waals surface area contributed by atoms with Crippen molar-refractivity contribution in [2.45, 2.75) is 12.5 Å². The molecule has 5 heteroatoms. The first-order valence-electron chi connectivity index (χ1n) is 8.46. The number of nitriles is 2. The summed E-state index contributed by atoms with van der Waals surface area (Å²) in [4.78, 5) is 8.39. The van der Waals surface area contributed by atoms with E-state index in [-0.39, 0.29) is 6.10 Å². The average molecular weight is 350 g/mol. The van der Waals surface area contributed by atoms with Crippen molar-refractivity contribution >= 4 is 5.71 Å². The van der Waals surface area contributed by atoms with Crippen LogP contribution in [0.2, 0.25) is 0 Å². The van der Waals surface area contributed by atoms with Gasteiger partial charge < -0.3 is 4.74 Å². The number of rotatable bonds is 2. The van der Waals surface area contributed by atoms with E-state index in [1.807, 2.05) is 60.8 Å². The normalized spacial score (nSPS) is 16.7. The van der Waals surface area contributed by atoms with E-state index in [9.17, 15) is 0 Å². The summed E-state index contributed by atoms with van der Waals surface area (Å²) in [5, 5.41) is 18.2. The number of fused-ring (bicyclic) bond motifs is 1. The molecule has 1 aliphatic heterocycles. The van der Waals surface area contributed by atoms with Gasteiger partial charge in [0, 0.05) is 18.2 Å². The number of benzene rings is 2. The summed E-state index contributed by atoms with van der Waals surface area (Å²) in [6.07, 6.45) is 3.81. The predicted molar refractivity (Wildman–Crippen MR) is 101 cm³/mol. The van der Waals surface area contributed by atoms with Crippen LogP contribution in [0.3, 0.4) is 0 Å². The summed E-state index contributed by atoms with van der Waals surface area (Å²) in [6.45, 7) is 0. The molecule has 0 fully saturated rings. The third-order valence-corrected chi connectivity index (χ3v) is 4.47. The fourth-order valence-corrected chi connectivity index (χ4v) is 3.18. The molecule has 0 saturated heterocycles. The second kappa shape index (κ2) is 7.11. The van der Waals surface area contributed by atoms with Gasteiger partial charge in [-0.3, -0.25) is 4.98 Å². The smallest absolute Gasteiger partial charge is 0.205 e. The summed E-state index contributed by atoms with van der Waals surface area (Å²) < 4.78 is 6.13. The molecule has 1 atom stereocenters. The van der Waals surface area contributed by atoms with Crippen molar-refractivity contribution in [3.05, 3.63) is 83.7 Å². The SMILES string of the molecule is N#CN=C1CC(c2ccccn2)Oc2ccc(-c3cccc(C#N)c3)cc21. The zero-order chi connectivity index (χ0) is 18.6. The first kappa shape index (κ1) is 16.5. The molecule has 0 spiro atoms. The topological polar surface area (TPSA) is 82.1 Å². The molecule has 0 N–H and O–H groups in total. The van der Waals surface area contributed by atoms with Crippen LogP contribution >= 0.6 is 0 Å². The Bertz CT molecular complexity index is 1110. The monoisotopic (exact) mass is 350 g/mol. The lowest BCUT2D eigenvalue weighted by Crippen LogP contribution is -2.21. The van der Waals surface area contributed by atoms with Crippen molar-refractivity contribution in [2.75, 3.05) is 0 Å². The number of hydrogen-bond acceptors (Lipinski definition) is 5. The highest BCUT2D eigenvalue weighted by Gasteiger charge is 2.27. The Morgan fingerprint density at radius 3 is 2.67 bits per heavy atom. The van der Waals surface area contributed by atoms with E-state index >= 15 is 0 Å². The summed E-state index contributed by atoms with van der Waals surface area (Å²) in [5.41, 5.74) is 4.75. The number of nitrogens with zero attached hydrogens (tertiary/aromatic N) is 4. The van der Waals surface area contributed by atoms with Gasteiger partial charge in [-0.2, -0.15) is 15.5 Å². The minimum Gasteiger partial charge on any atom is -0.483 e. The summed E-state index contributed by atoms with van der Waals surface area (Å²) >= 11 is 0. The molecule has 5 nitrogen and oxygen atoms in total. The van der Waals surface area contributed by atoms with E-state index in [1.165, 1.54) is 0 Å². The first-order chi connectivity index (χ1) is 13.3. The van der Waals surface area contributed by atoms with Crippen LogP contribution in [0, 0.1) is 22.8 Å². The standard InChI is InChI=1S/C22H14N4O/c23-13-15-4-3-5-16(10-15)17-7-8-21-18(11-17)20(26-14-24)12-22(27-21)19-6-1-2-9-25-19/h1-11,22H,12H2. The molecule has 4 rings (SSSR count). The predicted octanol–water partition coefficient (Wildman–Crippen LogP) is 4.41. The summed E-state index contributed by atoms with van der Waals surface area (Å²) in [6, 6.07) is 21.0. The lowest BCUT2D eigenvalue weighted by atomic mass is 9.94. The van der Waals surface area contributed by atoms with Gasteiger partial charge in [0.1, 0.15) is 11.9 Å². The first-order valence-corrected chi connectivity index (χ1v) is 8.46. The van der Waals surface area contributed by atoms with Gasteiger partial charge in [-0.25, -0.2) is 0 Å². The molecular formula is C22H14N4O. The third-order valence-electron chi connectivity index (χ3n) is 4.47. The highest BCUT2D eigenvalue weighted by Crippen LogP contribution is 2.37. The maximum absolute atomic E-state index is 9.13. The Labute approximate surface area is 156 Å². The third kappa shape index (κ3) is 3.27. The van der Waals surface area contributed by atoms with E-state index in [2.05, 4.69) is 16.0 Å². The Balaban J connectivity index is 1.76. The molecule has 27 heavy (non-hydrogen) atoms. The molecule has 0 radical (unpaired) electrons. The van der Waals surface area contributed by atoms with Crippen LogP contribution in [-0.4, -0.2) is 10.7 Å². The quantitative estimate of drug-likeness (QED) is 0.641. The van der Waals surface area contributed by atoms with Crippen molar-refractivity contribution in [1.82, 2.24) is 4.98 Å². The van der Waals surface area contributed by atoms with Crippen molar-refractivity contribution in [3.63, 3.8) is 0 Å². The lowest BCUT2D eigenvalue weighted by molar-refractivity contribution is 0.201. The zero-order valence-electron chi connectivity index (χ0n) is 14.3. The molecule has 0 amide bonds. The Morgan fingerprint density at radius 2 is 1.89 bits per heavy atom. The van der Waals surface area contributed by atoms with Crippen LogP contribution in [0.15, 0.2) is 71.9 Å². The fraction of sp³-hybridized carbons (Fsp3) is 0.0909. The number of pyridine rings is 1. The Kier molecular flexibility index (Phi) is 4.35. The number of ether oxygens (including phenoxy) is 1. The molecule has 2 heterocycles. The molecule has 3 aromatic rings. The van der Waals surface area contributed by atoms with Crippen LogP contribution in [-0.2, 0) is 0 Å². The summed E-state index contributed by atoms with van der Waals surface area (Å²) in [5.74, 6) is 0.672. The van der Waals surface area contributed by atoms with Crippen LogP contribution in [0.1, 0.15) is 29.3 Å². The van der Waals surface area contributed by atoms with Crippen LogP contribution in [0.5, 0.6) is 5.75 Å². The highest BCUT2D eigenvalue weighted by molar-refractivity contribution is 6.05. The Hall–Kier alpha value is -3.96. The molecule has 0 aliphatic carbocycles. The van der Waals surface area contributed by atoms with Gasteiger partial charge in [-0.05, 0) is 47.5 Å². The average Bonchev–Trinajstić information content (AvgIpc) is 2.74. The second-order valence-electron chi connectivity index (χ2n) is 6.13. The fourth-order valence-electron chi connectivity index (χ4n) is 3.18. The minimum atomic E-state index is -0.279. The highest BCUT2D eigenvalue weighted by atomic mass is 16.5. The van der Waals surface area contributed by atoms with Crippen molar-refractivity contribution in [2.24, 2.45) is 4.99 Å².